The molecule has 8 heteroatoms. The molecular formula is C21H30FN5O2. The van der Waals surface area contributed by atoms with Crippen molar-refractivity contribution in [3.8, 4) is 5.69 Å². The minimum Gasteiger partial charge on any atom is -0.381 e. The Labute approximate surface area is 171 Å². The van der Waals surface area contributed by atoms with Crippen molar-refractivity contribution in [1.29, 1.82) is 0 Å². The summed E-state index contributed by atoms with van der Waals surface area (Å²) in [6.45, 7) is 4.50. The summed E-state index contributed by atoms with van der Waals surface area (Å²) in [4.78, 5) is 8.16. The van der Waals surface area contributed by atoms with E-state index in [-0.39, 0.29) is 5.82 Å². The van der Waals surface area contributed by atoms with Crippen LogP contribution in [0.5, 0.6) is 0 Å². The van der Waals surface area contributed by atoms with Crippen LogP contribution < -0.4 is 10.6 Å². The highest BCUT2D eigenvalue weighted by atomic mass is 19.1. The number of guanidine groups is 1. The Morgan fingerprint density at radius 2 is 2.21 bits per heavy atom. The summed E-state index contributed by atoms with van der Waals surface area (Å²) in [5.41, 5.74) is 1.32. The normalized spacial score (nSPS) is 15.4. The van der Waals surface area contributed by atoms with E-state index in [1.54, 1.807) is 36.4 Å². The summed E-state index contributed by atoms with van der Waals surface area (Å²) in [6, 6.07) is 5.17. The summed E-state index contributed by atoms with van der Waals surface area (Å²) < 4.78 is 27.1. The molecule has 0 saturated carbocycles. The summed E-state index contributed by atoms with van der Waals surface area (Å²) >= 11 is 0. The van der Waals surface area contributed by atoms with Crippen molar-refractivity contribution in [2.75, 3.05) is 40.0 Å². The van der Waals surface area contributed by atoms with Gasteiger partial charge in [-0.2, -0.15) is 0 Å². The molecule has 1 aliphatic rings. The smallest absolute Gasteiger partial charge is 0.191 e. The molecule has 2 heterocycles. The van der Waals surface area contributed by atoms with Crippen molar-refractivity contribution in [2.45, 2.75) is 25.8 Å². The van der Waals surface area contributed by atoms with Crippen LogP contribution in [0.2, 0.25) is 0 Å². The highest BCUT2D eigenvalue weighted by Gasteiger charge is 2.13. The Morgan fingerprint density at radius 3 is 2.93 bits per heavy atom. The van der Waals surface area contributed by atoms with E-state index < -0.39 is 0 Å². The number of benzene rings is 1. The van der Waals surface area contributed by atoms with E-state index in [9.17, 15) is 4.39 Å². The molecule has 0 amide bonds. The standard InChI is InChI=1S/C21H30FN5O2/c1-23-21(25-7-2-10-29-15-17-5-11-28-12-6-17)26-14-18-3-4-20(19(22)13-18)27-9-8-24-16-27/h3-4,8-9,13,16-17H,2,5-7,10-12,14-15H2,1H3,(H2,23,25,26). The van der Waals surface area contributed by atoms with E-state index in [0.29, 0.717) is 24.1 Å². The van der Waals surface area contributed by atoms with Crippen molar-refractivity contribution in [1.82, 2.24) is 20.2 Å². The predicted molar refractivity (Wildman–Crippen MR) is 111 cm³/mol. The Morgan fingerprint density at radius 1 is 1.34 bits per heavy atom. The average molecular weight is 404 g/mol. The third-order valence-corrected chi connectivity index (χ3v) is 4.93. The van der Waals surface area contributed by atoms with Crippen molar-refractivity contribution in [3.63, 3.8) is 0 Å². The largest absolute Gasteiger partial charge is 0.381 e. The number of ether oxygens (including phenoxy) is 2. The SMILES string of the molecule is CN=C(NCCCOCC1CCOCC1)NCc1ccc(-n2ccnc2)c(F)c1. The van der Waals surface area contributed by atoms with Gasteiger partial charge in [0.15, 0.2) is 5.96 Å². The molecule has 29 heavy (non-hydrogen) atoms. The molecule has 2 N–H and O–H groups in total. The van der Waals surface area contributed by atoms with Gasteiger partial charge in [-0.25, -0.2) is 9.37 Å². The number of halogens is 1. The second-order valence-corrected chi connectivity index (χ2v) is 7.09. The van der Waals surface area contributed by atoms with E-state index >= 15 is 0 Å². The number of aromatic nitrogens is 2. The van der Waals surface area contributed by atoms with Crippen LogP contribution in [0.25, 0.3) is 5.69 Å². The van der Waals surface area contributed by atoms with E-state index in [2.05, 4.69) is 20.6 Å². The second-order valence-electron chi connectivity index (χ2n) is 7.09. The molecule has 0 atom stereocenters. The molecule has 7 nitrogen and oxygen atoms in total. The molecule has 0 unspecified atom stereocenters. The van der Waals surface area contributed by atoms with Crippen LogP contribution in [-0.2, 0) is 16.0 Å². The number of rotatable bonds is 9. The lowest BCUT2D eigenvalue weighted by molar-refractivity contribution is 0.0203. The number of imidazole rings is 1. The number of nitrogens with zero attached hydrogens (tertiary/aromatic N) is 3. The lowest BCUT2D eigenvalue weighted by Crippen LogP contribution is -2.37. The molecule has 0 aliphatic carbocycles. The van der Waals surface area contributed by atoms with Crippen molar-refractivity contribution in [3.05, 3.63) is 48.3 Å². The fraction of sp³-hybridized carbons (Fsp3) is 0.524. The third-order valence-electron chi connectivity index (χ3n) is 4.93. The van der Waals surface area contributed by atoms with E-state index in [4.69, 9.17) is 9.47 Å². The molecule has 1 saturated heterocycles. The van der Waals surface area contributed by atoms with Crippen molar-refractivity contribution in [2.24, 2.45) is 10.9 Å². The van der Waals surface area contributed by atoms with Gasteiger partial charge in [0.05, 0.1) is 12.0 Å². The monoisotopic (exact) mass is 403 g/mol. The van der Waals surface area contributed by atoms with Crippen LogP contribution in [0.4, 0.5) is 4.39 Å². The Balaban J connectivity index is 1.33. The van der Waals surface area contributed by atoms with Gasteiger partial charge in [0, 0.05) is 59.0 Å². The zero-order valence-corrected chi connectivity index (χ0v) is 16.9. The number of hydrogen-bond acceptors (Lipinski definition) is 4. The van der Waals surface area contributed by atoms with Gasteiger partial charge in [-0.1, -0.05) is 6.07 Å². The van der Waals surface area contributed by atoms with Crippen LogP contribution in [0.1, 0.15) is 24.8 Å². The first-order valence-electron chi connectivity index (χ1n) is 10.1. The molecule has 2 aromatic rings. The molecule has 0 bridgehead atoms. The topological polar surface area (TPSA) is 72.7 Å². The van der Waals surface area contributed by atoms with E-state index in [1.807, 2.05) is 6.07 Å². The summed E-state index contributed by atoms with van der Waals surface area (Å²) in [7, 11) is 1.72. The predicted octanol–water partition coefficient (Wildman–Crippen LogP) is 2.51. The maximum Gasteiger partial charge on any atom is 0.191 e. The molecule has 0 spiro atoms. The van der Waals surface area contributed by atoms with Gasteiger partial charge in [0.2, 0.25) is 0 Å². The minimum atomic E-state index is -0.285. The molecule has 1 aromatic carbocycles. The lowest BCUT2D eigenvalue weighted by Gasteiger charge is -2.21. The minimum absolute atomic E-state index is 0.285. The Bertz CT molecular complexity index is 760. The van der Waals surface area contributed by atoms with Gasteiger partial charge >= 0.3 is 0 Å². The first-order chi connectivity index (χ1) is 14.3. The van der Waals surface area contributed by atoms with Gasteiger partial charge in [-0.15, -0.1) is 0 Å². The van der Waals surface area contributed by atoms with Crippen LogP contribution in [0, 0.1) is 11.7 Å². The van der Waals surface area contributed by atoms with Crippen LogP contribution in [-0.4, -0.2) is 55.5 Å². The zero-order valence-electron chi connectivity index (χ0n) is 16.9. The van der Waals surface area contributed by atoms with Crippen LogP contribution >= 0.6 is 0 Å². The summed E-state index contributed by atoms with van der Waals surface area (Å²) in [5, 5.41) is 6.47. The quantitative estimate of drug-likeness (QED) is 0.382. The molecule has 3 rings (SSSR count). The summed E-state index contributed by atoms with van der Waals surface area (Å²) in [6.07, 6.45) is 8.01. The molecule has 1 aliphatic heterocycles. The molecular weight excluding hydrogens is 373 g/mol. The van der Waals surface area contributed by atoms with Gasteiger partial charge in [0.25, 0.3) is 0 Å². The highest BCUT2D eigenvalue weighted by molar-refractivity contribution is 5.79. The van der Waals surface area contributed by atoms with Crippen molar-refractivity contribution < 1.29 is 13.9 Å². The second kappa shape index (κ2) is 11.5. The molecule has 1 aromatic heterocycles. The Kier molecular flexibility index (Phi) is 8.45. The molecule has 0 radical (unpaired) electrons. The number of hydrogen-bond donors (Lipinski definition) is 2. The van der Waals surface area contributed by atoms with Crippen LogP contribution in [0.15, 0.2) is 41.9 Å². The lowest BCUT2D eigenvalue weighted by atomic mass is 10.0. The van der Waals surface area contributed by atoms with E-state index in [1.165, 1.54) is 6.07 Å². The zero-order chi connectivity index (χ0) is 20.3. The van der Waals surface area contributed by atoms with Crippen molar-refractivity contribution >= 4 is 5.96 Å². The first-order valence-corrected chi connectivity index (χ1v) is 10.1. The number of nitrogens with one attached hydrogen (secondary N) is 2. The number of aliphatic imine (C=N–C) groups is 1. The fourth-order valence-corrected chi connectivity index (χ4v) is 3.22. The molecule has 1 fully saturated rings. The maximum atomic E-state index is 14.3. The Hall–Kier alpha value is -2.45. The van der Waals surface area contributed by atoms with Crippen LogP contribution in [0.3, 0.4) is 0 Å². The third kappa shape index (κ3) is 6.83. The van der Waals surface area contributed by atoms with E-state index in [0.717, 1.165) is 57.8 Å². The molecule has 158 valence electrons. The van der Waals surface area contributed by atoms with Gasteiger partial charge < -0.3 is 24.7 Å². The van der Waals surface area contributed by atoms with Gasteiger partial charge in [-0.3, -0.25) is 4.99 Å². The maximum absolute atomic E-state index is 14.3. The average Bonchev–Trinajstić information content (AvgIpc) is 3.28. The fourth-order valence-electron chi connectivity index (χ4n) is 3.22. The van der Waals surface area contributed by atoms with Gasteiger partial charge in [0.1, 0.15) is 5.82 Å². The summed E-state index contributed by atoms with van der Waals surface area (Å²) in [5.74, 6) is 1.03. The first kappa shape index (κ1) is 21.3. The highest BCUT2D eigenvalue weighted by Crippen LogP contribution is 2.15. The van der Waals surface area contributed by atoms with Gasteiger partial charge in [-0.05, 0) is 42.9 Å².